The number of nitrogens with zero attached hydrogens (tertiary/aromatic N) is 2. The Hall–Kier alpha value is -1.31. The maximum absolute atomic E-state index is 5.43. The van der Waals surface area contributed by atoms with Crippen LogP contribution in [0.3, 0.4) is 0 Å². The molecule has 6 heteroatoms. The smallest absolute Gasteiger partial charge is 0.239 e. The summed E-state index contributed by atoms with van der Waals surface area (Å²) in [6.07, 6.45) is 0. The van der Waals surface area contributed by atoms with Crippen LogP contribution < -0.4 is 10.5 Å². The van der Waals surface area contributed by atoms with Crippen LogP contribution in [0.2, 0.25) is 0 Å². The summed E-state index contributed by atoms with van der Waals surface area (Å²) in [5, 5.41) is 6.53. The average Bonchev–Trinajstić information content (AvgIpc) is 2.65. The molecule has 3 N–H and O–H groups in total. The molecule has 0 atom stereocenters. The van der Waals surface area contributed by atoms with Crippen LogP contribution in [0.5, 0.6) is 5.75 Å². The molecule has 2 rings (SSSR count). The minimum Gasteiger partial charge on any atom is -0.496 e. The lowest BCUT2D eigenvalue weighted by Crippen LogP contribution is -1.89. The van der Waals surface area contributed by atoms with E-state index in [0.717, 1.165) is 14.9 Å². The highest BCUT2D eigenvalue weighted by Gasteiger charge is 2.06. The van der Waals surface area contributed by atoms with Gasteiger partial charge in [0, 0.05) is 5.56 Å². The Labute approximate surface area is 100 Å². The number of benzene rings is 1. The van der Waals surface area contributed by atoms with Crippen molar-refractivity contribution in [3.8, 4) is 17.1 Å². The zero-order chi connectivity index (χ0) is 10.8. The van der Waals surface area contributed by atoms with E-state index in [1.807, 2.05) is 18.2 Å². The molecule has 1 aromatic carbocycles. The van der Waals surface area contributed by atoms with Gasteiger partial charge in [0.15, 0.2) is 5.82 Å². The SMILES string of the molecule is COc1ccc(-c2nc(N)n[nH]2)cc1I. The van der Waals surface area contributed by atoms with E-state index in [1.54, 1.807) is 7.11 Å². The summed E-state index contributed by atoms with van der Waals surface area (Å²) in [6.45, 7) is 0. The third kappa shape index (κ3) is 2.04. The Morgan fingerprint density at radius 3 is 2.80 bits per heavy atom. The van der Waals surface area contributed by atoms with E-state index in [9.17, 15) is 0 Å². The first kappa shape index (κ1) is 10.2. The summed E-state index contributed by atoms with van der Waals surface area (Å²) in [7, 11) is 1.64. The Balaban J connectivity index is 2.42. The second-order valence-corrected chi connectivity index (χ2v) is 4.05. The predicted molar refractivity (Wildman–Crippen MR) is 65.5 cm³/mol. The molecule has 0 fully saturated rings. The van der Waals surface area contributed by atoms with Crippen LogP contribution in [0.1, 0.15) is 0 Å². The number of nitrogens with one attached hydrogen (secondary N) is 1. The van der Waals surface area contributed by atoms with E-state index in [0.29, 0.717) is 5.82 Å². The first-order chi connectivity index (χ1) is 7.20. The second-order valence-electron chi connectivity index (χ2n) is 2.89. The number of aromatic amines is 1. The van der Waals surface area contributed by atoms with E-state index < -0.39 is 0 Å². The van der Waals surface area contributed by atoms with E-state index in [4.69, 9.17) is 10.5 Å². The molecule has 2 aromatic rings. The van der Waals surface area contributed by atoms with Crippen LogP contribution in [0.4, 0.5) is 5.95 Å². The monoisotopic (exact) mass is 316 g/mol. The Morgan fingerprint density at radius 2 is 2.27 bits per heavy atom. The molecule has 5 nitrogen and oxygen atoms in total. The van der Waals surface area contributed by atoms with Gasteiger partial charge in [-0.15, -0.1) is 5.10 Å². The van der Waals surface area contributed by atoms with Crippen LogP contribution >= 0.6 is 22.6 Å². The topological polar surface area (TPSA) is 76.8 Å². The van der Waals surface area contributed by atoms with Crippen LogP contribution in [-0.4, -0.2) is 22.3 Å². The van der Waals surface area contributed by atoms with Gasteiger partial charge in [-0.1, -0.05) is 0 Å². The van der Waals surface area contributed by atoms with Gasteiger partial charge in [0.05, 0.1) is 10.7 Å². The van der Waals surface area contributed by atoms with Crippen molar-refractivity contribution >= 4 is 28.5 Å². The van der Waals surface area contributed by atoms with Crippen LogP contribution in [0, 0.1) is 3.57 Å². The number of halogens is 1. The molecular weight excluding hydrogens is 307 g/mol. The highest BCUT2D eigenvalue weighted by molar-refractivity contribution is 14.1. The summed E-state index contributed by atoms with van der Waals surface area (Å²) >= 11 is 2.20. The molecule has 0 bridgehead atoms. The largest absolute Gasteiger partial charge is 0.496 e. The van der Waals surface area contributed by atoms with Crippen molar-refractivity contribution in [3.05, 3.63) is 21.8 Å². The number of hydrogen-bond acceptors (Lipinski definition) is 4. The number of H-pyrrole nitrogens is 1. The molecule has 0 saturated heterocycles. The summed E-state index contributed by atoms with van der Waals surface area (Å²) in [5.74, 6) is 1.75. The van der Waals surface area contributed by atoms with Crippen molar-refractivity contribution in [1.82, 2.24) is 15.2 Å². The van der Waals surface area contributed by atoms with Crippen molar-refractivity contribution in [3.63, 3.8) is 0 Å². The van der Waals surface area contributed by atoms with Gasteiger partial charge in [-0.25, -0.2) is 0 Å². The molecule has 0 unspecified atom stereocenters. The molecule has 0 aliphatic carbocycles. The summed E-state index contributed by atoms with van der Waals surface area (Å²) in [5.41, 5.74) is 6.36. The Kier molecular flexibility index (Phi) is 2.76. The zero-order valence-electron chi connectivity index (χ0n) is 7.99. The molecule has 1 heterocycles. The second kappa shape index (κ2) is 4.05. The highest BCUT2D eigenvalue weighted by Crippen LogP contribution is 2.25. The highest BCUT2D eigenvalue weighted by atomic mass is 127. The van der Waals surface area contributed by atoms with Crippen LogP contribution in [0.15, 0.2) is 18.2 Å². The van der Waals surface area contributed by atoms with E-state index in [2.05, 4.69) is 37.8 Å². The Bertz CT molecular complexity index is 483. The molecule has 0 radical (unpaired) electrons. The molecule has 0 saturated carbocycles. The summed E-state index contributed by atoms with van der Waals surface area (Å²) < 4.78 is 6.18. The number of nitrogens with two attached hydrogens (primary N) is 1. The minimum absolute atomic E-state index is 0.246. The first-order valence-electron chi connectivity index (χ1n) is 4.22. The molecule has 0 spiro atoms. The summed E-state index contributed by atoms with van der Waals surface area (Å²) in [6, 6.07) is 5.75. The quantitative estimate of drug-likeness (QED) is 0.826. The molecular formula is C9H9IN4O. The van der Waals surface area contributed by atoms with Crippen molar-refractivity contribution in [1.29, 1.82) is 0 Å². The number of ether oxygens (including phenoxy) is 1. The maximum Gasteiger partial charge on any atom is 0.239 e. The van der Waals surface area contributed by atoms with Gasteiger partial charge in [-0.05, 0) is 40.8 Å². The van der Waals surface area contributed by atoms with Gasteiger partial charge >= 0.3 is 0 Å². The minimum atomic E-state index is 0.246. The average molecular weight is 316 g/mol. The molecule has 0 amide bonds. The van der Waals surface area contributed by atoms with E-state index in [1.165, 1.54) is 0 Å². The fourth-order valence-corrected chi connectivity index (χ4v) is 1.95. The molecule has 0 aliphatic heterocycles. The Morgan fingerprint density at radius 1 is 1.47 bits per heavy atom. The van der Waals surface area contributed by atoms with Gasteiger partial charge in [0.1, 0.15) is 5.75 Å². The standard InChI is InChI=1S/C9H9IN4O/c1-15-7-3-2-5(4-6(7)10)8-12-9(11)14-13-8/h2-4H,1H3,(H3,11,12,13,14). The van der Waals surface area contributed by atoms with Crippen molar-refractivity contribution in [2.24, 2.45) is 0 Å². The molecule has 0 aliphatic rings. The van der Waals surface area contributed by atoms with Gasteiger partial charge in [0.2, 0.25) is 5.95 Å². The molecule has 1 aromatic heterocycles. The van der Waals surface area contributed by atoms with Gasteiger partial charge < -0.3 is 10.5 Å². The number of aromatic nitrogens is 3. The molecule has 15 heavy (non-hydrogen) atoms. The van der Waals surface area contributed by atoms with Crippen LogP contribution in [0.25, 0.3) is 11.4 Å². The fourth-order valence-electron chi connectivity index (χ4n) is 1.22. The van der Waals surface area contributed by atoms with E-state index in [-0.39, 0.29) is 5.95 Å². The van der Waals surface area contributed by atoms with Gasteiger partial charge in [-0.3, -0.25) is 5.10 Å². The zero-order valence-corrected chi connectivity index (χ0v) is 10.1. The number of rotatable bonds is 2. The lowest BCUT2D eigenvalue weighted by atomic mass is 10.2. The normalized spacial score (nSPS) is 10.3. The van der Waals surface area contributed by atoms with Crippen molar-refractivity contribution < 1.29 is 4.74 Å². The molecule has 78 valence electrons. The number of anilines is 1. The lowest BCUT2D eigenvalue weighted by Gasteiger charge is -2.03. The lowest BCUT2D eigenvalue weighted by molar-refractivity contribution is 0.412. The van der Waals surface area contributed by atoms with Crippen molar-refractivity contribution in [2.45, 2.75) is 0 Å². The third-order valence-electron chi connectivity index (χ3n) is 1.93. The van der Waals surface area contributed by atoms with Crippen molar-refractivity contribution in [2.75, 3.05) is 12.8 Å². The summed E-state index contributed by atoms with van der Waals surface area (Å²) in [4.78, 5) is 4.04. The van der Waals surface area contributed by atoms with Gasteiger partial charge in [-0.2, -0.15) is 4.98 Å². The van der Waals surface area contributed by atoms with Crippen LogP contribution in [-0.2, 0) is 0 Å². The van der Waals surface area contributed by atoms with Gasteiger partial charge in [0.25, 0.3) is 0 Å². The third-order valence-corrected chi connectivity index (χ3v) is 2.77. The first-order valence-corrected chi connectivity index (χ1v) is 5.30. The predicted octanol–water partition coefficient (Wildman–Crippen LogP) is 1.67. The fraction of sp³-hybridized carbons (Fsp3) is 0.111. The number of methoxy groups -OCH3 is 1. The number of nitrogen functional groups attached to an aromatic ring is 1. The number of hydrogen-bond donors (Lipinski definition) is 2. The maximum atomic E-state index is 5.43. The van der Waals surface area contributed by atoms with E-state index >= 15 is 0 Å².